The van der Waals surface area contributed by atoms with Gasteiger partial charge in [-0.25, -0.2) is 4.79 Å². The summed E-state index contributed by atoms with van der Waals surface area (Å²) in [6.45, 7) is 4.32. The van der Waals surface area contributed by atoms with Gasteiger partial charge in [0.25, 0.3) is 5.91 Å². The number of benzene rings is 2. The molecule has 2 atom stereocenters. The monoisotopic (exact) mass is 417 g/mol. The summed E-state index contributed by atoms with van der Waals surface area (Å²) in [5.41, 5.74) is 2.30. The van der Waals surface area contributed by atoms with Crippen LogP contribution in [0.2, 0.25) is 5.02 Å². The number of hydrogen-bond donors (Lipinski definition) is 0. The molecule has 6 heteroatoms. The van der Waals surface area contributed by atoms with Gasteiger partial charge < -0.3 is 9.64 Å². The summed E-state index contributed by atoms with van der Waals surface area (Å²) in [5, 5.41) is 0.257. The molecule has 0 aliphatic carbocycles. The second kappa shape index (κ2) is 9.48. The molecule has 0 saturated carbocycles. The summed E-state index contributed by atoms with van der Waals surface area (Å²) in [5.74, 6) is -0.0405. The lowest BCUT2D eigenvalue weighted by Crippen LogP contribution is -2.44. The molecule has 4 nitrogen and oxygen atoms in total. The van der Waals surface area contributed by atoms with Gasteiger partial charge in [-0.15, -0.1) is 11.8 Å². The van der Waals surface area contributed by atoms with Crippen LogP contribution in [0.4, 0.5) is 0 Å². The summed E-state index contributed by atoms with van der Waals surface area (Å²) >= 11 is 7.96. The zero-order chi connectivity index (χ0) is 20.1. The lowest BCUT2D eigenvalue weighted by atomic mass is 10.1. The van der Waals surface area contributed by atoms with Crippen LogP contribution in [0, 0.1) is 6.92 Å². The van der Waals surface area contributed by atoms with Crippen molar-refractivity contribution >= 4 is 35.2 Å². The summed E-state index contributed by atoms with van der Waals surface area (Å²) in [7, 11) is 0. The van der Waals surface area contributed by atoms with Gasteiger partial charge in [0.05, 0.1) is 6.61 Å². The van der Waals surface area contributed by atoms with Crippen LogP contribution < -0.4 is 0 Å². The van der Waals surface area contributed by atoms with E-state index in [1.54, 1.807) is 28.8 Å². The number of hydrogen-bond acceptors (Lipinski definition) is 4. The van der Waals surface area contributed by atoms with Crippen LogP contribution in [0.5, 0.6) is 0 Å². The van der Waals surface area contributed by atoms with Crippen LogP contribution >= 0.6 is 23.4 Å². The maximum absolute atomic E-state index is 13.5. The van der Waals surface area contributed by atoms with E-state index in [4.69, 9.17) is 16.3 Å². The Morgan fingerprint density at radius 2 is 1.89 bits per heavy atom. The minimum atomic E-state index is -0.629. The third-order valence-corrected chi connectivity index (χ3v) is 6.45. The number of aryl methyl sites for hydroxylation is 1. The van der Waals surface area contributed by atoms with Crippen molar-refractivity contribution in [2.24, 2.45) is 0 Å². The van der Waals surface area contributed by atoms with E-state index in [2.05, 4.69) is 0 Å². The van der Waals surface area contributed by atoms with Crippen molar-refractivity contribution in [2.45, 2.75) is 38.1 Å². The molecule has 3 rings (SSSR count). The van der Waals surface area contributed by atoms with E-state index in [9.17, 15) is 9.59 Å². The third kappa shape index (κ3) is 4.36. The van der Waals surface area contributed by atoms with Gasteiger partial charge in [0, 0.05) is 21.9 Å². The minimum Gasteiger partial charge on any atom is -0.464 e. The molecule has 2 aromatic carbocycles. The first-order valence-corrected chi connectivity index (χ1v) is 10.9. The van der Waals surface area contributed by atoms with Crippen molar-refractivity contribution in [3.8, 4) is 0 Å². The second-order valence-corrected chi connectivity index (χ2v) is 8.29. The standard InChI is InChI=1S/C22H24ClNO3S/c1-3-4-13-27-22(26)19-14-28-21(17-11-7-8-12-18(17)23)24(19)20(25)16-10-6-5-9-15(16)2/h5-12,19,21H,3-4,13-14H2,1-2H3/t19-,21+/m0/s1. The van der Waals surface area contributed by atoms with Gasteiger partial charge in [-0.05, 0) is 31.0 Å². The van der Waals surface area contributed by atoms with Crippen LogP contribution in [-0.2, 0) is 9.53 Å². The Labute approximate surface area is 175 Å². The van der Waals surface area contributed by atoms with Gasteiger partial charge in [0.15, 0.2) is 0 Å². The fraction of sp³-hybridized carbons (Fsp3) is 0.364. The van der Waals surface area contributed by atoms with Crippen LogP contribution in [0.25, 0.3) is 0 Å². The van der Waals surface area contributed by atoms with Gasteiger partial charge in [-0.1, -0.05) is 61.3 Å². The molecule has 2 aromatic rings. The van der Waals surface area contributed by atoms with Gasteiger partial charge in [0.1, 0.15) is 11.4 Å². The van der Waals surface area contributed by atoms with Crippen molar-refractivity contribution in [2.75, 3.05) is 12.4 Å². The van der Waals surface area contributed by atoms with Gasteiger partial charge in [-0.3, -0.25) is 4.79 Å². The highest BCUT2D eigenvalue weighted by Gasteiger charge is 2.44. The number of ether oxygens (including phenoxy) is 1. The molecule has 1 amide bonds. The second-order valence-electron chi connectivity index (χ2n) is 6.77. The summed E-state index contributed by atoms with van der Waals surface area (Å²) < 4.78 is 5.45. The molecule has 0 unspecified atom stereocenters. The van der Waals surface area contributed by atoms with Gasteiger partial charge in [-0.2, -0.15) is 0 Å². The molecule has 1 fully saturated rings. The van der Waals surface area contributed by atoms with Crippen molar-refractivity contribution in [1.82, 2.24) is 4.90 Å². The number of rotatable bonds is 6. The van der Waals surface area contributed by atoms with E-state index in [-0.39, 0.29) is 17.3 Å². The first kappa shape index (κ1) is 20.7. The fourth-order valence-electron chi connectivity index (χ4n) is 3.22. The maximum Gasteiger partial charge on any atom is 0.329 e. The summed E-state index contributed by atoms with van der Waals surface area (Å²) in [6.07, 6.45) is 1.76. The zero-order valence-corrected chi connectivity index (χ0v) is 17.6. The fourth-order valence-corrected chi connectivity index (χ4v) is 4.97. The Hall–Kier alpha value is -1.98. The predicted octanol–water partition coefficient (Wildman–Crippen LogP) is 5.25. The number of halogens is 1. The number of thioether (sulfide) groups is 1. The molecule has 0 aromatic heterocycles. The van der Waals surface area contributed by atoms with Gasteiger partial charge in [0.2, 0.25) is 0 Å². The minimum absolute atomic E-state index is 0.175. The Kier molecular flexibility index (Phi) is 7.03. The number of carbonyl (C=O) groups excluding carboxylic acids is 2. The zero-order valence-electron chi connectivity index (χ0n) is 16.1. The average Bonchev–Trinajstić information content (AvgIpc) is 3.13. The Morgan fingerprint density at radius 3 is 2.61 bits per heavy atom. The van der Waals surface area contributed by atoms with E-state index in [1.807, 2.05) is 50.2 Å². The number of unbranched alkanes of at least 4 members (excludes halogenated alkanes) is 1. The van der Waals surface area contributed by atoms with Crippen molar-refractivity contribution < 1.29 is 14.3 Å². The first-order valence-electron chi connectivity index (χ1n) is 9.45. The van der Waals surface area contributed by atoms with E-state index >= 15 is 0 Å². The highest BCUT2D eigenvalue weighted by molar-refractivity contribution is 7.99. The summed E-state index contributed by atoms with van der Waals surface area (Å²) in [4.78, 5) is 27.9. The summed E-state index contributed by atoms with van der Waals surface area (Å²) in [6, 6.07) is 14.3. The highest BCUT2D eigenvalue weighted by atomic mass is 35.5. The van der Waals surface area contributed by atoms with Crippen LogP contribution in [0.15, 0.2) is 48.5 Å². The predicted molar refractivity (Wildman–Crippen MR) is 114 cm³/mol. The number of esters is 1. The van der Waals surface area contributed by atoms with E-state index in [0.29, 0.717) is 22.9 Å². The molecular weight excluding hydrogens is 394 g/mol. The van der Waals surface area contributed by atoms with Crippen molar-refractivity contribution in [3.63, 3.8) is 0 Å². The SMILES string of the molecule is CCCCOC(=O)[C@@H]1CS[C@H](c2ccccc2Cl)N1C(=O)c1ccccc1C. The van der Waals surface area contributed by atoms with Crippen LogP contribution in [0.1, 0.15) is 46.6 Å². The van der Waals surface area contributed by atoms with E-state index < -0.39 is 6.04 Å². The normalized spacial score (nSPS) is 18.9. The van der Waals surface area contributed by atoms with Crippen LogP contribution in [0.3, 0.4) is 0 Å². The largest absolute Gasteiger partial charge is 0.464 e. The topological polar surface area (TPSA) is 46.6 Å². The van der Waals surface area contributed by atoms with Crippen molar-refractivity contribution in [3.05, 3.63) is 70.2 Å². The quantitative estimate of drug-likeness (QED) is 0.475. The molecule has 1 aliphatic rings. The smallest absolute Gasteiger partial charge is 0.329 e. The van der Waals surface area contributed by atoms with E-state index in [0.717, 1.165) is 24.0 Å². The molecule has 0 bridgehead atoms. The highest BCUT2D eigenvalue weighted by Crippen LogP contribution is 2.44. The molecule has 0 spiro atoms. The third-order valence-electron chi connectivity index (χ3n) is 4.80. The first-order chi connectivity index (χ1) is 13.5. The molecule has 1 aliphatic heterocycles. The van der Waals surface area contributed by atoms with Crippen LogP contribution in [-0.4, -0.2) is 35.2 Å². The molecule has 1 heterocycles. The van der Waals surface area contributed by atoms with Crippen molar-refractivity contribution in [1.29, 1.82) is 0 Å². The molecule has 148 valence electrons. The lowest BCUT2D eigenvalue weighted by Gasteiger charge is -2.29. The molecule has 0 radical (unpaired) electrons. The molecule has 1 saturated heterocycles. The molecule has 28 heavy (non-hydrogen) atoms. The lowest BCUT2D eigenvalue weighted by molar-refractivity contribution is -0.148. The maximum atomic E-state index is 13.5. The van der Waals surface area contributed by atoms with E-state index in [1.165, 1.54) is 0 Å². The number of nitrogens with zero attached hydrogens (tertiary/aromatic N) is 1. The van der Waals surface area contributed by atoms with Gasteiger partial charge >= 0.3 is 5.97 Å². The number of carbonyl (C=O) groups is 2. The Balaban J connectivity index is 1.95. The molecule has 0 N–H and O–H groups in total. The average molecular weight is 418 g/mol. The Bertz CT molecular complexity index is 857. The Morgan fingerprint density at radius 1 is 1.18 bits per heavy atom. The molecular formula is C22H24ClNO3S. The number of amides is 1.